The fraction of sp³-hybridized carbons (Fsp3) is 0.800. The van der Waals surface area contributed by atoms with Gasteiger partial charge in [0.15, 0.2) is 6.67 Å². The Morgan fingerprint density at radius 3 is 2.18 bits per heavy atom. The van der Waals surface area contributed by atoms with Crippen LogP contribution in [0.1, 0.15) is 13.8 Å². The molecular weight excluding hydrogens is 244 g/mol. The van der Waals surface area contributed by atoms with E-state index in [0.717, 1.165) is 17.7 Å². The van der Waals surface area contributed by atoms with Gasteiger partial charge in [0.1, 0.15) is 18.3 Å². The molecule has 1 aliphatic rings. The molecule has 0 saturated carbocycles. The quantitative estimate of drug-likeness (QED) is 0.550. The number of aliphatic hydroxyl groups is 1. The number of likely N-dealkylation sites (N-methyl/N-ethyl adjacent to an activating group) is 1. The molecule has 0 aliphatic carbocycles. The van der Waals surface area contributed by atoms with Crippen molar-refractivity contribution in [2.75, 3.05) is 33.6 Å². The van der Waals surface area contributed by atoms with Gasteiger partial charge < -0.3 is 14.6 Å². The molecule has 17 heavy (non-hydrogen) atoms. The molecule has 1 rings (SSSR count). The third-order valence-corrected chi connectivity index (χ3v) is 1.98. The zero-order valence-corrected chi connectivity index (χ0v) is 11.9. The van der Waals surface area contributed by atoms with Crippen LogP contribution >= 0.6 is 0 Å². The molecule has 0 spiro atoms. The first-order chi connectivity index (χ1) is 7.31. The lowest BCUT2D eigenvalue weighted by Crippen LogP contribution is -2.49. The summed E-state index contributed by atoms with van der Waals surface area (Å²) < 4.78 is 28.0. The minimum atomic E-state index is -3.92. The van der Waals surface area contributed by atoms with Crippen molar-refractivity contribution in [1.29, 1.82) is 0 Å². The normalized spacial score (nSPS) is 24.5. The van der Waals surface area contributed by atoms with Crippen LogP contribution in [-0.2, 0) is 10.1 Å². The third-order valence-electron chi connectivity index (χ3n) is 1.98. The van der Waals surface area contributed by atoms with Crippen LogP contribution in [0.15, 0.2) is 12.4 Å². The first kappa shape index (κ1) is 16.4. The first-order valence-electron chi connectivity index (χ1n) is 5.18. The van der Waals surface area contributed by atoms with Gasteiger partial charge in [0, 0.05) is 13.3 Å². The van der Waals surface area contributed by atoms with Crippen LogP contribution in [0.25, 0.3) is 0 Å². The van der Waals surface area contributed by atoms with Crippen LogP contribution in [0.5, 0.6) is 0 Å². The van der Waals surface area contributed by atoms with Crippen molar-refractivity contribution >= 4 is 10.1 Å². The predicted molar refractivity (Wildman–Crippen MR) is 64.7 cm³/mol. The summed E-state index contributed by atoms with van der Waals surface area (Å²) in [7, 11) is 0.252. The lowest BCUT2D eigenvalue weighted by Gasteiger charge is -2.32. The summed E-state index contributed by atoms with van der Waals surface area (Å²) in [6.45, 7) is 5.41. The summed E-state index contributed by atoms with van der Waals surface area (Å²) in [4.78, 5) is 2.13. The standard InChI is InChI=1S/C9H19N2O.CH4O3S/c1-9(2,12)7-11(4)6-5-10(3)8-11;1-5(2,3)4/h5-6,12H,7-8H2,1-4H3;1H3,(H,2,3,4)/q+1;/p-1. The van der Waals surface area contributed by atoms with Gasteiger partial charge >= 0.3 is 0 Å². The van der Waals surface area contributed by atoms with E-state index in [9.17, 15) is 5.11 Å². The molecule has 102 valence electrons. The number of quaternary nitrogens is 1. The summed E-state index contributed by atoms with van der Waals surface area (Å²) >= 11 is 0. The minimum Gasteiger partial charge on any atom is -0.748 e. The molecule has 0 aromatic rings. The van der Waals surface area contributed by atoms with E-state index in [1.807, 2.05) is 20.9 Å². The van der Waals surface area contributed by atoms with Gasteiger partial charge in [-0.3, -0.25) is 4.48 Å². The molecule has 6 nitrogen and oxygen atoms in total. The SMILES string of the molecule is CN1C=C[N+](C)(CC(C)(C)O)C1.CS(=O)(=O)[O-]. The van der Waals surface area contributed by atoms with Crippen molar-refractivity contribution in [2.24, 2.45) is 0 Å². The van der Waals surface area contributed by atoms with Crippen LogP contribution in [0.4, 0.5) is 0 Å². The number of rotatable bonds is 2. The van der Waals surface area contributed by atoms with Gasteiger partial charge in [-0.2, -0.15) is 0 Å². The molecular formula is C10H22N2O4S. The van der Waals surface area contributed by atoms with Gasteiger partial charge in [0.2, 0.25) is 0 Å². The van der Waals surface area contributed by atoms with Crippen molar-refractivity contribution in [3.05, 3.63) is 12.4 Å². The van der Waals surface area contributed by atoms with Crippen molar-refractivity contribution in [3.63, 3.8) is 0 Å². The molecule has 7 heteroatoms. The molecule has 0 bridgehead atoms. The highest BCUT2D eigenvalue weighted by atomic mass is 32.2. The maximum absolute atomic E-state index is 9.66. The smallest absolute Gasteiger partial charge is 0.158 e. The highest BCUT2D eigenvalue weighted by molar-refractivity contribution is 7.84. The fourth-order valence-electron chi connectivity index (χ4n) is 1.87. The second-order valence-corrected chi connectivity index (χ2v) is 6.76. The molecule has 0 aromatic heterocycles. The molecule has 1 unspecified atom stereocenters. The Morgan fingerprint density at radius 1 is 1.53 bits per heavy atom. The fourth-order valence-corrected chi connectivity index (χ4v) is 1.87. The molecule has 1 N–H and O–H groups in total. The molecule has 0 amide bonds. The highest BCUT2D eigenvalue weighted by Crippen LogP contribution is 2.18. The summed E-state index contributed by atoms with van der Waals surface area (Å²) in [5.74, 6) is 0. The van der Waals surface area contributed by atoms with Crippen molar-refractivity contribution in [1.82, 2.24) is 4.90 Å². The monoisotopic (exact) mass is 266 g/mol. The topological polar surface area (TPSA) is 80.7 Å². The van der Waals surface area contributed by atoms with E-state index in [4.69, 9.17) is 13.0 Å². The van der Waals surface area contributed by atoms with E-state index in [1.165, 1.54) is 0 Å². The van der Waals surface area contributed by atoms with Crippen LogP contribution in [0.2, 0.25) is 0 Å². The van der Waals surface area contributed by atoms with E-state index in [2.05, 4.69) is 24.3 Å². The van der Waals surface area contributed by atoms with Crippen LogP contribution in [0, 0.1) is 0 Å². The zero-order chi connectivity index (χ0) is 13.9. The molecule has 0 aromatic carbocycles. The van der Waals surface area contributed by atoms with Gasteiger partial charge in [-0.05, 0) is 13.8 Å². The van der Waals surface area contributed by atoms with Gasteiger partial charge in [0.05, 0.1) is 23.4 Å². The predicted octanol–water partition coefficient (Wildman–Crippen LogP) is -0.261. The average molecular weight is 266 g/mol. The Balaban J connectivity index is 0.000000437. The lowest BCUT2D eigenvalue weighted by molar-refractivity contribution is -0.867. The Kier molecular flexibility index (Phi) is 5.15. The van der Waals surface area contributed by atoms with Gasteiger partial charge in [-0.1, -0.05) is 0 Å². The lowest BCUT2D eigenvalue weighted by atomic mass is 10.1. The van der Waals surface area contributed by atoms with Crippen molar-refractivity contribution < 1.29 is 22.6 Å². The highest BCUT2D eigenvalue weighted by Gasteiger charge is 2.32. The maximum Gasteiger partial charge on any atom is 0.158 e. The van der Waals surface area contributed by atoms with E-state index in [-0.39, 0.29) is 0 Å². The minimum absolute atomic E-state index is 0.593. The van der Waals surface area contributed by atoms with E-state index in [1.54, 1.807) is 0 Å². The van der Waals surface area contributed by atoms with E-state index in [0.29, 0.717) is 6.26 Å². The molecule has 1 atom stereocenters. The Morgan fingerprint density at radius 2 is 1.94 bits per heavy atom. The summed E-state index contributed by atoms with van der Waals surface area (Å²) in [5, 5.41) is 9.66. The average Bonchev–Trinajstić information content (AvgIpc) is 2.21. The van der Waals surface area contributed by atoms with Gasteiger partial charge in [0.25, 0.3) is 0 Å². The van der Waals surface area contributed by atoms with Crippen molar-refractivity contribution in [2.45, 2.75) is 19.4 Å². The molecule has 0 radical (unpaired) electrons. The maximum atomic E-state index is 9.66. The van der Waals surface area contributed by atoms with Crippen LogP contribution in [0.3, 0.4) is 0 Å². The molecule has 1 heterocycles. The summed E-state index contributed by atoms with van der Waals surface area (Å²) in [6, 6.07) is 0. The molecule has 0 saturated heterocycles. The zero-order valence-electron chi connectivity index (χ0n) is 11.0. The third kappa shape index (κ3) is 10.3. The first-order valence-corrected chi connectivity index (χ1v) is 6.99. The van der Waals surface area contributed by atoms with E-state index >= 15 is 0 Å². The van der Waals surface area contributed by atoms with Gasteiger partial charge in [-0.15, -0.1) is 0 Å². The summed E-state index contributed by atoms with van der Waals surface area (Å²) in [5.41, 5.74) is -0.593. The molecule has 1 aliphatic heterocycles. The molecule has 0 fully saturated rings. The summed E-state index contributed by atoms with van der Waals surface area (Å²) in [6.07, 6.45) is 4.79. The van der Waals surface area contributed by atoms with Crippen molar-refractivity contribution in [3.8, 4) is 0 Å². The van der Waals surface area contributed by atoms with E-state index < -0.39 is 15.7 Å². The van der Waals surface area contributed by atoms with Crippen LogP contribution < -0.4 is 0 Å². The van der Waals surface area contributed by atoms with Crippen LogP contribution in [-0.4, -0.2) is 66.6 Å². The number of hydrogen-bond acceptors (Lipinski definition) is 5. The second-order valence-electron chi connectivity index (χ2n) is 5.35. The number of hydrogen-bond donors (Lipinski definition) is 1. The Hall–Kier alpha value is -0.630. The number of nitrogens with zero attached hydrogens (tertiary/aromatic N) is 2. The Bertz CT molecular complexity index is 364. The second kappa shape index (κ2) is 5.34. The van der Waals surface area contributed by atoms with Gasteiger partial charge in [-0.25, -0.2) is 8.42 Å². The Labute approximate surface area is 103 Å². The largest absolute Gasteiger partial charge is 0.748 e.